The number of rotatable bonds is 6. The van der Waals surface area contributed by atoms with Gasteiger partial charge in [-0.1, -0.05) is 19.9 Å². The van der Waals surface area contributed by atoms with Gasteiger partial charge in [0, 0.05) is 25.2 Å². The molecule has 1 atom stereocenters. The molecule has 0 saturated heterocycles. The third-order valence-electron chi connectivity index (χ3n) is 2.47. The van der Waals surface area contributed by atoms with Crippen molar-refractivity contribution in [3.05, 3.63) is 34.1 Å². The lowest BCUT2D eigenvalue weighted by Crippen LogP contribution is -2.38. The van der Waals surface area contributed by atoms with Gasteiger partial charge in [0.15, 0.2) is 0 Å². The van der Waals surface area contributed by atoms with E-state index in [-0.39, 0.29) is 5.82 Å². The van der Waals surface area contributed by atoms with Crippen LogP contribution in [0.3, 0.4) is 0 Å². The smallest absolute Gasteiger partial charge is 0.137 e. The molecule has 0 aliphatic heterocycles. The van der Waals surface area contributed by atoms with E-state index in [1.807, 2.05) is 6.07 Å². The molecule has 0 bridgehead atoms. The molecule has 17 heavy (non-hydrogen) atoms. The summed E-state index contributed by atoms with van der Waals surface area (Å²) >= 11 is 3.14. The molecular weight excluding hydrogens is 283 g/mol. The van der Waals surface area contributed by atoms with E-state index in [2.05, 4.69) is 47.3 Å². The van der Waals surface area contributed by atoms with Crippen LogP contribution in [0.15, 0.2) is 22.7 Å². The van der Waals surface area contributed by atoms with Crippen LogP contribution in [0.1, 0.15) is 26.3 Å². The van der Waals surface area contributed by atoms with Crippen LogP contribution in [0.5, 0.6) is 0 Å². The molecule has 0 aliphatic rings. The van der Waals surface area contributed by atoms with E-state index in [1.54, 1.807) is 12.1 Å². The van der Waals surface area contributed by atoms with Crippen LogP contribution in [-0.4, -0.2) is 18.6 Å². The lowest BCUT2D eigenvalue weighted by molar-refractivity contribution is 0.473. The Kier molecular flexibility index (Phi) is 6.09. The van der Waals surface area contributed by atoms with Crippen LogP contribution in [-0.2, 0) is 6.54 Å². The number of hydrogen-bond acceptors (Lipinski definition) is 2. The Morgan fingerprint density at radius 2 is 1.94 bits per heavy atom. The van der Waals surface area contributed by atoms with E-state index in [4.69, 9.17) is 0 Å². The van der Waals surface area contributed by atoms with Crippen molar-refractivity contribution in [1.82, 2.24) is 10.6 Å². The number of benzene rings is 1. The fourth-order valence-electron chi connectivity index (χ4n) is 1.43. The van der Waals surface area contributed by atoms with Crippen LogP contribution in [0, 0.1) is 5.82 Å². The molecule has 2 N–H and O–H groups in total. The summed E-state index contributed by atoms with van der Waals surface area (Å²) in [6.07, 6.45) is 0. The van der Waals surface area contributed by atoms with Crippen LogP contribution >= 0.6 is 15.9 Å². The minimum atomic E-state index is -0.211. The maximum Gasteiger partial charge on any atom is 0.137 e. The predicted octanol–water partition coefficient (Wildman–Crippen LogP) is 3.06. The summed E-state index contributed by atoms with van der Waals surface area (Å²) in [4.78, 5) is 0. The quantitative estimate of drug-likeness (QED) is 0.844. The van der Waals surface area contributed by atoms with Gasteiger partial charge < -0.3 is 10.6 Å². The van der Waals surface area contributed by atoms with E-state index in [1.165, 1.54) is 0 Å². The van der Waals surface area contributed by atoms with Crippen molar-refractivity contribution in [1.29, 1.82) is 0 Å². The molecule has 0 heterocycles. The van der Waals surface area contributed by atoms with Gasteiger partial charge in [-0.05, 0) is 40.5 Å². The molecule has 0 amide bonds. The molecule has 1 aromatic carbocycles. The Morgan fingerprint density at radius 1 is 1.24 bits per heavy atom. The zero-order valence-electron chi connectivity index (χ0n) is 10.6. The average Bonchev–Trinajstić information content (AvgIpc) is 2.28. The molecular formula is C13H20BrFN2. The summed E-state index contributed by atoms with van der Waals surface area (Å²) in [5.41, 5.74) is 0.960. The van der Waals surface area contributed by atoms with Crippen LogP contribution in [0.25, 0.3) is 0 Å². The van der Waals surface area contributed by atoms with Gasteiger partial charge in [0.2, 0.25) is 0 Å². The van der Waals surface area contributed by atoms with Gasteiger partial charge in [0.25, 0.3) is 0 Å². The van der Waals surface area contributed by atoms with E-state index < -0.39 is 0 Å². The highest BCUT2D eigenvalue weighted by Crippen LogP contribution is 2.16. The summed E-state index contributed by atoms with van der Waals surface area (Å²) in [5.74, 6) is -0.211. The van der Waals surface area contributed by atoms with Crippen molar-refractivity contribution in [2.45, 2.75) is 39.4 Å². The highest BCUT2D eigenvalue weighted by atomic mass is 79.9. The maximum atomic E-state index is 13.3. The summed E-state index contributed by atoms with van der Waals surface area (Å²) in [7, 11) is 0. The van der Waals surface area contributed by atoms with Gasteiger partial charge in [-0.3, -0.25) is 0 Å². The highest BCUT2D eigenvalue weighted by molar-refractivity contribution is 9.10. The molecule has 0 saturated carbocycles. The van der Waals surface area contributed by atoms with Gasteiger partial charge >= 0.3 is 0 Å². The molecule has 2 nitrogen and oxygen atoms in total. The first-order chi connectivity index (χ1) is 7.99. The standard InChI is InChI=1S/C13H20BrFN2/c1-9(2)16-7-10(3)17-8-11-4-5-12(14)13(15)6-11/h4-6,9-10,16-17H,7-8H2,1-3H3. The molecule has 4 heteroatoms. The van der Waals surface area contributed by atoms with E-state index in [0.717, 1.165) is 12.1 Å². The molecule has 0 aromatic heterocycles. The Labute approximate surface area is 111 Å². The fourth-order valence-corrected chi connectivity index (χ4v) is 1.67. The Bertz CT molecular complexity index is 355. The van der Waals surface area contributed by atoms with Gasteiger partial charge in [-0.25, -0.2) is 4.39 Å². The molecule has 1 rings (SSSR count). The Balaban J connectivity index is 2.36. The molecule has 0 aliphatic carbocycles. The minimum absolute atomic E-state index is 0.211. The Hall–Kier alpha value is -0.450. The fraction of sp³-hybridized carbons (Fsp3) is 0.538. The van der Waals surface area contributed by atoms with Gasteiger partial charge in [-0.15, -0.1) is 0 Å². The summed E-state index contributed by atoms with van der Waals surface area (Å²) in [5, 5.41) is 6.71. The normalized spacial score (nSPS) is 13.1. The minimum Gasteiger partial charge on any atom is -0.313 e. The zero-order chi connectivity index (χ0) is 12.8. The van der Waals surface area contributed by atoms with Gasteiger partial charge in [0.1, 0.15) is 5.82 Å². The number of halogens is 2. The first kappa shape index (κ1) is 14.6. The molecule has 1 unspecified atom stereocenters. The van der Waals surface area contributed by atoms with Gasteiger partial charge in [0.05, 0.1) is 4.47 Å². The van der Waals surface area contributed by atoms with Crippen molar-refractivity contribution in [2.75, 3.05) is 6.54 Å². The third kappa shape index (κ3) is 5.61. The summed E-state index contributed by atoms with van der Waals surface area (Å²) < 4.78 is 13.8. The molecule has 96 valence electrons. The van der Waals surface area contributed by atoms with Crippen LogP contribution < -0.4 is 10.6 Å². The van der Waals surface area contributed by atoms with Crippen molar-refractivity contribution >= 4 is 15.9 Å². The number of hydrogen-bond donors (Lipinski definition) is 2. The summed E-state index contributed by atoms with van der Waals surface area (Å²) in [6, 6.07) is 6.07. The van der Waals surface area contributed by atoms with Crippen LogP contribution in [0.4, 0.5) is 4.39 Å². The Morgan fingerprint density at radius 3 is 2.53 bits per heavy atom. The third-order valence-corrected chi connectivity index (χ3v) is 3.11. The first-order valence-electron chi connectivity index (χ1n) is 5.89. The van der Waals surface area contributed by atoms with Crippen molar-refractivity contribution in [3.8, 4) is 0 Å². The van der Waals surface area contributed by atoms with E-state index in [0.29, 0.717) is 23.1 Å². The number of nitrogens with one attached hydrogen (secondary N) is 2. The molecule has 0 fully saturated rings. The van der Waals surface area contributed by atoms with E-state index >= 15 is 0 Å². The monoisotopic (exact) mass is 302 g/mol. The van der Waals surface area contributed by atoms with Crippen molar-refractivity contribution < 1.29 is 4.39 Å². The maximum absolute atomic E-state index is 13.3. The average molecular weight is 303 g/mol. The lowest BCUT2D eigenvalue weighted by Gasteiger charge is -2.16. The van der Waals surface area contributed by atoms with Crippen molar-refractivity contribution in [2.24, 2.45) is 0 Å². The largest absolute Gasteiger partial charge is 0.313 e. The molecule has 1 aromatic rings. The topological polar surface area (TPSA) is 24.1 Å². The van der Waals surface area contributed by atoms with Crippen molar-refractivity contribution in [3.63, 3.8) is 0 Å². The molecule has 0 spiro atoms. The highest BCUT2D eigenvalue weighted by Gasteiger charge is 2.04. The van der Waals surface area contributed by atoms with E-state index in [9.17, 15) is 4.39 Å². The SMILES string of the molecule is CC(C)NCC(C)NCc1ccc(Br)c(F)c1. The zero-order valence-corrected chi connectivity index (χ0v) is 12.1. The second kappa shape index (κ2) is 7.09. The van der Waals surface area contributed by atoms with Gasteiger partial charge in [-0.2, -0.15) is 0 Å². The molecule has 0 radical (unpaired) electrons. The first-order valence-corrected chi connectivity index (χ1v) is 6.69. The lowest BCUT2D eigenvalue weighted by atomic mass is 10.2. The second-order valence-electron chi connectivity index (χ2n) is 4.59. The second-order valence-corrected chi connectivity index (χ2v) is 5.45. The summed E-state index contributed by atoms with van der Waals surface area (Å²) in [6.45, 7) is 7.96. The predicted molar refractivity (Wildman–Crippen MR) is 73.5 cm³/mol. The van der Waals surface area contributed by atoms with Crippen LogP contribution in [0.2, 0.25) is 0 Å².